The van der Waals surface area contributed by atoms with Gasteiger partial charge in [0.15, 0.2) is 0 Å². The van der Waals surface area contributed by atoms with Crippen LogP contribution in [0.2, 0.25) is 0 Å². The Balaban J connectivity index is 1.95. The summed E-state index contributed by atoms with van der Waals surface area (Å²) in [5.74, 6) is 4.07. The molecule has 0 nitrogen and oxygen atoms in total. The van der Waals surface area contributed by atoms with Crippen molar-refractivity contribution in [1.82, 2.24) is 0 Å². The SMILES string of the molecule is CCC(C)C12CC3(CC(CC1C)C3)C2C. The summed E-state index contributed by atoms with van der Waals surface area (Å²) in [6.07, 6.45) is 7.66. The highest BCUT2D eigenvalue weighted by Gasteiger charge is 2.70. The van der Waals surface area contributed by atoms with Gasteiger partial charge in [0.05, 0.1) is 0 Å². The molecule has 4 atom stereocenters. The van der Waals surface area contributed by atoms with Crippen LogP contribution in [-0.2, 0) is 0 Å². The van der Waals surface area contributed by atoms with Crippen LogP contribution < -0.4 is 0 Å². The molecule has 1 spiro atoms. The summed E-state index contributed by atoms with van der Waals surface area (Å²) in [4.78, 5) is 0. The van der Waals surface area contributed by atoms with E-state index in [0.29, 0.717) is 0 Å². The maximum atomic E-state index is 2.58. The van der Waals surface area contributed by atoms with E-state index in [0.717, 1.165) is 34.5 Å². The van der Waals surface area contributed by atoms with E-state index < -0.39 is 0 Å². The van der Waals surface area contributed by atoms with Crippen molar-refractivity contribution in [3.8, 4) is 0 Å². The summed E-state index contributed by atoms with van der Waals surface area (Å²) < 4.78 is 0. The quantitative estimate of drug-likeness (QED) is 0.624. The minimum atomic E-state index is 0.736. The maximum Gasteiger partial charge on any atom is -0.0210 e. The van der Waals surface area contributed by atoms with E-state index in [9.17, 15) is 0 Å². The van der Waals surface area contributed by atoms with Crippen LogP contribution in [-0.4, -0.2) is 0 Å². The zero-order chi connectivity index (χ0) is 10.8. The van der Waals surface area contributed by atoms with Gasteiger partial charge in [-0.15, -0.1) is 0 Å². The molecule has 5 aliphatic rings. The second kappa shape index (κ2) is 2.81. The van der Waals surface area contributed by atoms with Gasteiger partial charge < -0.3 is 0 Å². The van der Waals surface area contributed by atoms with Crippen molar-refractivity contribution in [2.24, 2.45) is 34.5 Å². The Hall–Kier alpha value is 0. The van der Waals surface area contributed by atoms with Gasteiger partial charge in [0.2, 0.25) is 0 Å². The van der Waals surface area contributed by atoms with Crippen molar-refractivity contribution in [1.29, 1.82) is 0 Å². The van der Waals surface area contributed by atoms with Crippen LogP contribution in [0.1, 0.15) is 59.8 Å². The zero-order valence-electron chi connectivity index (χ0n) is 10.8. The maximum absolute atomic E-state index is 2.58. The van der Waals surface area contributed by atoms with Gasteiger partial charge >= 0.3 is 0 Å². The molecular weight excluding hydrogens is 180 g/mol. The molecule has 5 saturated carbocycles. The van der Waals surface area contributed by atoms with Crippen LogP contribution in [0.15, 0.2) is 0 Å². The largest absolute Gasteiger partial charge is 0.0651 e. The average Bonchev–Trinajstić information content (AvgIpc) is 2.46. The van der Waals surface area contributed by atoms with E-state index in [-0.39, 0.29) is 0 Å². The van der Waals surface area contributed by atoms with Crippen molar-refractivity contribution in [2.45, 2.75) is 59.8 Å². The van der Waals surface area contributed by atoms with E-state index in [4.69, 9.17) is 0 Å². The first kappa shape index (κ1) is 10.2. The summed E-state index contributed by atoms with van der Waals surface area (Å²) in [6, 6.07) is 0. The average molecular weight is 206 g/mol. The second-order valence-electron chi connectivity index (χ2n) is 7.09. The molecule has 15 heavy (non-hydrogen) atoms. The fourth-order valence-corrected chi connectivity index (χ4v) is 5.90. The molecule has 0 aromatic heterocycles. The molecule has 5 aliphatic carbocycles. The summed E-state index contributed by atoms with van der Waals surface area (Å²) in [5.41, 5.74) is 1.57. The molecule has 0 heterocycles. The van der Waals surface area contributed by atoms with Gasteiger partial charge in [-0.2, -0.15) is 0 Å². The fourth-order valence-electron chi connectivity index (χ4n) is 5.90. The highest BCUT2D eigenvalue weighted by Crippen LogP contribution is 2.78. The van der Waals surface area contributed by atoms with Gasteiger partial charge in [-0.1, -0.05) is 34.1 Å². The molecule has 0 aromatic carbocycles. The van der Waals surface area contributed by atoms with Gasteiger partial charge in [0.25, 0.3) is 0 Å². The number of rotatable bonds is 2. The molecule has 5 fully saturated rings. The topological polar surface area (TPSA) is 0 Å². The Morgan fingerprint density at radius 3 is 2.47 bits per heavy atom. The first-order valence-electron chi connectivity index (χ1n) is 7.05. The minimum Gasteiger partial charge on any atom is -0.0651 e. The molecule has 3 bridgehead atoms. The minimum absolute atomic E-state index is 0.736. The molecule has 4 unspecified atom stereocenters. The van der Waals surface area contributed by atoms with Gasteiger partial charge in [0.1, 0.15) is 0 Å². The molecule has 0 N–H and O–H groups in total. The van der Waals surface area contributed by atoms with Gasteiger partial charge in [-0.05, 0) is 60.2 Å². The van der Waals surface area contributed by atoms with Crippen LogP contribution >= 0.6 is 0 Å². The summed E-state index contributed by atoms with van der Waals surface area (Å²) in [7, 11) is 0. The van der Waals surface area contributed by atoms with Crippen LogP contribution in [0.5, 0.6) is 0 Å². The monoisotopic (exact) mass is 206 g/mol. The third-order valence-electron chi connectivity index (χ3n) is 6.91. The van der Waals surface area contributed by atoms with Gasteiger partial charge in [0, 0.05) is 0 Å². The van der Waals surface area contributed by atoms with Crippen LogP contribution in [0.25, 0.3) is 0 Å². The molecule has 0 aromatic rings. The Kier molecular flexibility index (Phi) is 1.91. The van der Waals surface area contributed by atoms with E-state index >= 15 is 0 Å². The summed E-state index contributed by atoms with van der Waals surface area (Å²) >= 11 is 0. The first-order chi connectivity index (χ1) is 7.05. The lowest BCUT2D eigenvalue weighted by molar-refractivity contribution is -0.198. The predicted octanol–water partition coefficient (Wildman–Crippen LogP) is 4.49. The van der Waals surface area contributed by atoms with Crippen molar-refractivity contribution in [2.75, 3.05) is 0 Å². The number of hydrogen-bond donors (Lipinski definition) is 0. The Morgan fingerprint density at radius 1 is 1.27 bits per heavy atom. The smallest absolute Gasteiger partial charge is 0.0210 e. The third-order valence-corrected chi connectivity index (χ3v) is 6.91. The third kappa shape index (κ3) is 0.953. The lowest BCUT2D eigenvalue weighted by Crippen LogP contribution is -2.61. The van der Waals surface area contributed by atoms with Crippen molar-refractivity contribution < 1.29 is 0 Å². The van der Waals surface area contributed by atoms with E-state index in [1.807, 2.05) is 0 Å². The fraction of sp³-hybridized carbons (Fsp3) is 1.00. The van der Waals surface area contributed by atoms with Crippen LogP contribution in [0.3, 0.4) is 0 Å². The highest BCUT2D eigenvalue weighted by molar-refractivity contribution is 5.19. The summed E-state index contributed by atoms with van der Waals surface area (Å²) in [5, 5.41) is 0. The zero-order valence-corrected chi connectivity index (χ0v) is 10.8. The highest BCUT2D eigenvalue weighted by atomic mass is 14.7. The Bertz CT molecular complexity index is 274. The van der Waals surface area contributed by atoms with Crippen LogP contribution in [0.4, 0.5) is 0 Å². The molecule has 86 valence electrons. The normalized spacial score (nSPS) is 58.8. The molecule has 0 saturated heterocycles. The molecule has 0 amide bonds. The lowest BCUT2D eigenvalue weighted by atomic mass is 9.36. The van der Waals surface area contributed by atoms with E-state index in [2.05, 4.69) is 27.7 Å². The first-order valence-corrected chi connectivity index (χ1v) is 7.05. The molecule has 0 aliphatic heterocycles. The molecule has 0 heteroatoms. The van der Waals surface area contributed by atoms with Gasteiger partial charge in [-0.3, -0.25) is 0 Å². The Morgan fingerprint density at radius 2 is 1.93 bits per heavy atom. The standard InChI is InChI=1S/C15H26/c1-5-10(2)15-9-14(12(15)4)7-13(8-14)6-11(15)3/h10-13H,5-9H2,1-4H3. The van der Waals surface area contributed by atoms with E-state index in [1.54, 1.807) is 19.3 Å². The van der Waals surface area contributed by atoms with Crippen molar-refractivity contribution in [3.05, 3.63) is 0 Å². The second-order valence-corrected chi connectivity index (χ2v) is 7.09. The van der Waals surface area contributed by atoms with E-state index in [1.165, 1.54) is 12.8 Å². The molecular formula is C15H26. The van der Waals surface area contributed by atoms with Crippen LogP contribution in [0, 0.1) is 34.5 Å². The van der Waals surface area contributed by atoms with Crippen molar-refractivity contribution in [3.63, 3.8) is 0 Å². The predicted molar refractivity (Wildman–Crippen MR) is 64.6 cm³/mol. The summed E-state index contributed by atoms with van der Waals surface area (Å²) in [6.45, 7) is 10.0. The molecule has 0 radical (unpaired) electrons. The molecule has 5 rings (SSSR count). The number of hydrogen-bond acceptors (Lipinski definition) is 0. The van der Waals surface area contributed by atoms with Gasteiger partial charge in [-0.25, -0.2) is 0 Å². The Labute approximate surface area is 94.8 Å². The lowest BCUT2D eigenvalue weighted by Gasteiger charge is -2.68. The van der Waals surface area contributed by atoms with Crippen molar-refractivity contribution >= 4 is 0 Å².